The number of aliphatic imine (C=N–C) groups is 1. The fraction of sp³-hybridized carbons (Fsp3) is 0.533. The first-order valence-corrected chi connectivity index (χ1v) is 6.50. The maximum absolute atomic E-state index is 5.38. The van der Waals surface area contributed by atoms with E-state index < -0.39 is 0 Å². The van der Waals surface area contributed by atoms with Gasteiger partial charge in [-0.05, 0) is 36.5 Å². The van der Waals surface area contributed by atoms with E-state index in [4.69, 9.17) is 14.5 Å². The highest BCUT2D eigenvalue weighted by atomic mass is 16.5. The summed E-state index contributed by atoms with van der Waals surface area (Å²) in [5, 5.41) is 0. The van der Waals surface area contributed by atoms with Crippen LogP contribution in [0.15, 0.2) is 17.1 Å². The Balaban J connectivity index is 2.49. The largest absolute Gasteiger partial charge is 0.493 e. The third kappa shape index (κ3) is 2.22. The van der Waals surface area contributed by atoms with E-state index in [-0.39, 0.29) is 0 Å². The highest BCUT2D eigenvalue weighted by Crippen LogP contribution is 2.33. The number of hydrogen-bond acceptors (Lipinski definition) is 3. The maximum atomic E-state index is 5.38. The Bertz CT molecular complexity index is 466. The van der Waals surface area contributed by atoms with Crippen LogP contribution in [0.1, 0.15) is 31.4 Å². The molecule has 1 atom stereocenters. The molecule has 0 bridgehead atoms. The van der Waals surface area contributed by atoms with Crippen molar-refractivity contribution in [2.45, 2.75) is 26.7 Å². The summed E-state index contributed by atoms with van der Waals surface area (Å²) in [6, 6.07) is 4.16. The van der Waals surface area contributed by atoms with Gasteiger partial charge < -0.3 is 9.47 Å². The predicted octanol–water partition coefficient (Wildman–Crippen LogP) is 3.10. The Hall–Kier alpha value is -1.51. The Morgan fingerprint density at radius 3 is 2.50 bits per heavy atom. The summed E-state index contributed by atoms with van der Waals surface area (Å²) < 4.78 is 10.7. The van der Waals surface area contributed by atoms with Gasteiger partial charge in [0.15, 0.2) is 11.5 Å². The van der Waals surface area contributed by atoms with Gasteiger partial charge in [-0.1, -0.05) is 13.8 Å². The van der Waals surface area contributed by atoms with E-state index in [0.29, 0.717) is 5.92 Å². The molecule has 1 unspecified atom stereocenters. The molecule has 1 heterocycles. The molecule has 1 aliphatic rings. The van der Waals surface area contributed by atoms with Gasteiger partial charge in [-0.15, -0.1) is 0 Å². The lowest BCUT2D eigenvalue weighted by atomic mass is 9.89. The first kappa shape index (κ1) is 12.9. The third-order valence-electron chi connectivity index (χ3n) is 3.63. The number of rotatable bonds is 4. The van der Waals surface area contributed by atoms with Crippen LogP contribution in [0.25, 0.3) is 0 Å². The second-order valence-corrected chi connectivity index (χ2v) is 4.69. The molecule has 18 heavy (non-hydrogen) atoms. The van der Waals surface area contributed by atoms with Gasteiger partial charge in [0, 0.05) is 17.8 Å². The summed E-state index contributed by atoms with van der Waals surface area (Å²) in [4.78, 5) is 4.69. The SMILES string of the molecule is CCC(C)C1=NCCc2cc(OC)c(OC)cc21. The van der Waals surface area contributed by atoms with Crippen LogP contribution in [0.2, 0.25) is 0 Å². The Labute approximate surface area is 109 Å². The molecule has 0 amide bonds. The van der Waals surface area contributed by atoms with E-state index >= 15 is 0 Å². The quantitative estimate of drug-likeness (QED) is 0.818. The average molecular weight is 247 g/mol. The second kappa shape index (κ2) is 5.42. The Morgan fingerprint density at radius 2 is 1.89 bits per heavy atom. The zero-order chi connectivity index (χ0) is 13.1. The molecule has 0 spiro atoms. The van der Waals surface area contributed by atoms with Crippen LogP contribution in [-0.2, 0) is 6.42 Å². The lowest BCUT2D eigenvalue weighted by molar-refractivity contribution is 0.354. The van der Waals surface area contributed by atoms with Crippen LogP contribution in [0.3, 0.4) is 0 Å². The first-order chi connectivity index (χ1) is 8.71. The molecule has 0 saturated heterocycles. The van der Waals surface area contributed by atoms with E-state index in [9.17, 15) is 0 Å². The summed E-state index contributed by atoms with van der Waals surface area (Å²) in [7, 11) is 3.35. The van der Waals surface area contributed by atoms with Gasteiger partial charge in [0.25, 0.3) is 0 Å². The summed E-state index contributed by atoms with van der Waals surface area (Å²) >= 11 is 0. The van der Waals surface area contributed by atoms with Crippen molar-refractivity contribution in [3.63, 3.8) is 0 Å². The molecule has 1 aromatic carbocycles. The van der Waals surface area contributed by atoms with Crippen molar-refractivity contribution in [1.29, 1.82) is 0 Å². The monoisotopic (exact) mass is 247 g/mol. The number of benzene rings is 1. The normalized spacial score (nSPS) is 15.7. The van der Waals surface area contributed by atoms with E-state index in [0.717, 1.165) is 30.9 Å². The molecule has 1 aliphatic heterocycles. The molecule has 0 saturated carbocycles. The molecule has 0 fully saturated rings. The summed E-state index contributed by atoms with van der Waals surface area (Å²) in [5.74, 6) is 2.08. The smallest absolute Gasteiger partial charge is 0.161 e. The minimum Gasteiger partial charge on any atom is -0.493 e. The van der Waals surface area contributed by atoms with Crippen LogP contribution >= 0.6 is 0 Å². The van der Waals surface area contributed by atoms with Crippen LogP contribution in [0.4, 0.5) is 0 Å². The van der Waals surface area contributed by atoms with E-state index in [1.54, 1.807) is 14.2 Å². The average Bonchev–Trinajstić information content (AvgIpc) is 2.44. The van der Waals surface area contributed by atoms with Crippen molar-refractivity contribution in [2.24, 2.45) is 10.9 Å². The molecule has 98 valence electrons. The molecule has 3 nitrogen and oxygen atoms in total. The van der Waals surface area contributed by atoms with Crippen molar-refractivity contribution < 1.29 is 9.47 Å². The highest BCUT2D eigenvalue weighted by molar-refractivity contribution is 6.04. The first-order valence-electron chi connectivity index (χ1n) is 6.50. The summed E-state index contributed by atoms with van der Waals surface area (Å²) in [6.45, 7) is 5.30. The third-order valence-corrected chi connectivity index (χ3v) is 3.63. The lowest BCUT2D eigenvalue weighted by Gasteiger charge is -2.22. The highest BCUT2D eigenvalue weighted by Gasteiger charge is 2.21. The zero-order valence-electron chi connectivity index (χ0n) is 11.6. The van der Waals surface area contributed by atoms with Crippen molar-refractivity contribution in [1.82, 2.24) is 0 Å². The van der Waals surface area contributed by atoms with Gasteiger partial charge in [-0.3, -0.25) is 4.99 Å². The lowest BCUT2D eigenvalue weighted by Crippen LogP contribution is -2.19. The molecular weight excluding hydrogens is 226 g/mol. The minimum atomic E-state index is 0.488. The molecule has 1 aromatic rings. The van der Waals surface area contributed by atoms with Crippen LogP contribution < -0.4 is 9.47 Å². The minimum absolute atomic E-state index is 0.488. The zero-order valence-corrected chi connectivity index (χ0v) is 11.6. The number of ether oxygens (including phenoxy) is 2. The van der Waals surface area contributed by atoms with Crippen LogP contribution in [-0.4, -0.2) is 26.5 Å². The van der Waals surface area contributed by atoms with Gasteiger partial charge in [0.1, 0.15) is 0 Å². The predicted molar refractivity (Wildman–Crippen MR) is 74.1 cm³/mol. The van der Waals surface area contributed by atoms with Crippen LogP contribution in [0.5, 0.6) is 11.5 Å². The molecular formula is C15H21NO2. The molecule has 0 radical (unpaired) electrons. The van der Waals surface area contributed by atoms with Gasteiger partial charge in [0.05, 0.1) is 14.2 Å². The standard InChI is InChI=1S/C15H21NO2/c1-5-10(2)15-12-9-14(18-4)13(17-3)8-11(12)6-7-16-15/h8-10H,5-7H2,1-4H3. The molecule has 3 heteroatoms. The summed E-state index contributed by atoms with van der Waals surface area (Å²) in [6.07, 6.45) is 2.09. The van der Waals surface area contributed by atoms with Crippen molar-refractivity contribution in [3.05, 3.63) is 23.3 Å². The fourth-order valence-corrected chi connectivity index (χ4v) is 2.36. The molecule has 0 aliphatic carbocycles. The van der Waals surface area contributed by atoms with Crippen LogP contribution in [0, 0.1) is 5.92 Å². The van der Waals surface area contributed by atoms with Crippen molar-refractivity contribution in [2.75, 3.05) is 20.8 Å². The second-order valence-electron chi connectivity index (χ2n) is 4.69. The van der Waals surface area contributed by atoms with Crippen molar-refractivity contribution >= 4 is 5.71 Å². The van der Waals surface area contributed by atoms with E-state index in [1.165, 1.54) is 16.8 Å². The number of fused-ring (bicyclic) bond motifs is 1. The number of nitrogens with zero attached hydrogens (tertiary/aromatic N) is 1. The van der Waals surface area contributed by atoms with Gasteiger partial charge in [-0.2, -0.15) is 0 Å². The molecule has 0 aromatic heterocycles. The van der Waals surface area contributed by atoms with E-state index in [2.05, 4.69) is 26.0 Å². The number of methoxy groups -OCH3 is 2. The van der Waals surface area contributed by atoms with Gasteiger partial charge in [-0.25, -0.2) is 0 Å². The van der Waals surface area contributed by atoms with Gasteiger partial charge >= 0.3 is 0 Å². The maximum Gasteiger partial charge on any atom is 0.161 e. The van der Waals surface area contributed by atoms with E-state index in [1.807, 2.05) is 0 Å². The summed E-state index contributed by atoms with van der Waals surface area (Å²) in [5.41, 5.74) is 3.76. The van der Waals surface area contributed by atoms with Gasteiger partial charge in [0.2, 0.25) is 0 Å². The van der Waals surface area contributed by atoms with Crippen molar-refractivity contribution in [3.8, 4) is 11.5 Å². The molecule has 2 rings (SSSR count). The molecule has 0 N–H and O–H groups in total. The Kier molecular flexibility index (Phi) is 3.90. The Morgan fingerprint density at radius 1 is 1.22 bits per heavy atom. The fourth-order valence-electron chi connectivity index (χ4n) is 2.36. The number of hydrogen-bond donors (Lipinski definition) is 0. The topological polar surface area (TPSA) is 30.8 Å².